The van der Waals surface area contributed by atoms with Crippen molar-refractivity contribution >= 4 is 54.8 Å². The van der Waals surface area contributed by atoms with E-state index in [4.69, 9.17) is 15.0 Å². The number of pyridine rings is 1. The number of imidazole rings is 2. The van der Waals surface area contributed by atoms with Gasteiger partial charge in [0.05, 0.1) is 33.7 Å². The van der Waals surface area contributed by atoms with E-state index in [-0.39, 0.29) is 21.1 Å². The molecule has 4 heterocycles. The second-order valence-electron chi connectivity index (χ2n) is 12.5. The van der Waals surface area contributed by atoms with Crippen LogP contribution in [0.3, 0.4) is 0 Å². The Morgan fingerprint density at radius 2 is 1.26 bits per heavy atom. The van der Waals surface area contributed by atoms with Crippen LogP contribution in [0.4, 0.5) is 0 Å². The van der Waals surface area contributed by atoms with Gasteiger partial charge in [-0.3, -0.25) is 9.97 Å². The summed E-state index contributed by atoms with van der Waals surface area (Å²) in [7, 11) is 4.13. The van der Waals surface area contributed by atoms with Crippen molar-refractivity contribution in [3.05, 3.63) is 146 Å². The van der Waals surface area contributed by atoms with Gasteiger partial charge < -0.3 is 13.7 Å². The molecule has 0 N–H and O–H groups in total. The molecule has 4 aromatic heterocycles. The maximum absolute atomic E-state index is 5.10. The normalized spacial score (nSPS) is 11.6. The van der Waals surface area contributed by atoms with Gasteiger partial charge in [-0.05, 0) is 74.9 Å². The zero-order chi connectivity index (χ0) is 32.6. The van der Waals surface area contributed by atoms with Crippen LogP contribution in [0.25, 0.3) is 94.4 Å². The van der Waals surface area contributed by atoms with Crippen molar-refractivity contribution in [2.24, 2.45) is 14.1 Å². The van der Waals surface area contributed by atoms with Gasteiger partial charge in [-0.1, -0.05) is 66.0 Å². The summed E-state index contributed by atoms with van der Waals surface area (Å²) < 4.78 is 6.44. The number of benzene rings is 6. The molecule has 240 valence electrons. The Labute approximate surface area is 302 Å². The molecule has 10 aromatic rings. The van der Waals surface area contributed by atoms with Crippen molar-refractivity contribution in [1.29, 1.82) is 0 Å². The van der Waals surface area contributed by atoms with E-state index in [2.05, 4.69) is 143 Å². The van der Waals surface area contributed by atoms with Gasteiger partial charge in [-0.25, -0.2) is 4.98 Å². The zero-order valence-corrected chi connectivity index (χ0v) is 29.5. The molecule has 50 heavy (non-hydrogen) atoms. The summed E-state index contributed by atoms with van der Waals surface area (Å²) in [6.07, 6.45) is 1.84. The predicted molar refractivity (Wildman–Crippen MR) is 199 cm³/mol. The van der Waals surface area contributed by atoms with Crippen molar-refractivity contribution in [1.82, 2.24) is 28.7 Å². The van der Waals surface area contributed by atoms with Crippen LogP contribution in [0, 0.1) is 12.1 Å². The van der Waals surface area contributed by atoms with Crippen LogP contribution in [-0.4, -0.2) is 28.7 Å². The van der Waals surface area contributed by atoms with Crippen LogP contribution in [0.5, 0.6) is 0 Å². The van der Waals surface area contributed by atoms with Gasteiger partial charge in [0.1, 0.15) is 5.65 Å². The summed E-state index contributed by atoms with van der Waals surface area (Å²) >= 11 is 0. The van der Waals surface area contributed by atoms with E-state index in [1.807, 2.05) is 30.5 Å². The number of aryl methyl sites for hydroxylation is 2. The Morgan fingerprint density at radius 1 is 0.540 bits per heavy atom. The first-order valence-corrected chi connectivity index (χ1v) is 16.3. The quantitative estimate of drug-likeness (QED) is 0.166. The molecule has 0 aliphatic carbocycles. The van der Waals surface area contributed by atoms with Gasteiger partial charge >= 0.3 is 21.1 Å². The van der Waals surface area contributed by atoms with Crippen LogP contribution in [0.2, 0.25) is 0 Å². The third-order valence-electron chi connectivity index (χ3n) is 9.69. The molecule has 0 aliphatic heterocycles. The molecular formula is C43H28N6Pt. The molecule has 10 rings (SSSR count). The average molecular weight is 824 g/mol. The maximum Gasteiger partial charge on any atom is 2.00 e. The van der Waals surface area contributed by atoms with Crippen LogP contribution in [0.1, 0.15) is 0 Å². The predicted octanol–water partition coefficient (Wildman–Crippen LogP) is 9.70. The second kappa shape index (κ2) is 11.6. The summed E-state index contributed by atoms with van der Waals surface area (Å²) in [6.45, 7) is 0. The van der Waals surface area contributed by atoms with Crippen LogP contribution in [-0.2, 0) is 35.2 Å². The maximum atomic E-state index is 5.10. The zero-order valence-electron chi connectivity index (χ0n) is 27.2. The Balaban J connectivity index is 0.00000336. The molecule has 0 saturated heterocycles. The van der Waals surface area contributed by atoms with E-state index in [1.54, 1.807) is 0 Å². The van der Waals surface area contributed by atoms with Crippen LogP contribution >= 0.6 is 0 Å². The smallest absolute Gasteiger partial charge is 0.367 e. The van der Waals surface area contributed by atoms with E-state index >= 15 is 0 Å². The molecular weight excluding hydrogens is 796 g/mol. The van der Waals surface area contributed by atoms with Crippen molar-refractivity contribution < 1.29 is 21.1 Å². The molecule has 0 unspecified atom stereocenters. The number of nitrogens with zero attached hydrogens (tertiary/aromatic N) is 6. The minimum atomic E-state index is 0. The standard InChI is InChI=1S/C43H28N6.Pt/c1-47-38-15-6-5-14-36(38)45-41(47)31-11-7-12-33(24-31)49-39-26-32(18-20-34(39)35-13-8-22-44-43(35)49)42-46-37-21-19-30(25-40(37)48(42)2)29-17-16-27-9-3-4-10-28(27)23-29;/h3-23,25H,1-2H3;/q-2;+2. The average Bonchev–Trinajstić information content (AvgIpc) is 3.79. The molecule has 0 atom stereocenters. The number of aromatic nitrogens is 6. The molecule has 6 nitrogen and oxygen atoms in total. The molecule has 0 fully saturated rings. The van der Waals surface area contributed by atoms with Gasteiger partial charge in [-0.15, -0.1) is 53.6 Å². The molecule has 0 bridgehead atoms. The molecule has 0 spiro atoms. The SMILES string of the molecule is Cn1c(-c2[c-]c(-n3c4[c-]c(-c5nc6ccc(-c7ccc8ccccc8c7)cc6n5C)ccc4c4cccnc43)ccc2)nc2ccccc21.[Pt+2]. The molecule has 0 radical (unpaired) electrons. The molecule has 0 amide bonds. The van der Waals surface area contributed by atoms with Crippen molar-refractivity contribution in [3.8, 4) is 39.6 Å². The largest absolute Gasteiger partial charge is 2.00 e. The third kappa shape index (κ3) is 4.63. The fourth-order valence-corrected chi connectivity index (χ4v) is 7.22. The number of hydrogen-bond donors (Lipinski definition) is 0. The molecule has 0 aliphatic rings. The van der Waals surface area contributed by atoms with Crippen molar-refractivity contribution in [3.63, 3.8) is 0 Å². The van der Waals surface area contributed by atoms with Gasteiger partial charge in [0, 0.05) is 20.3 Å². The van der Waals surface area contributed by atoms with Crippen molar-refractivity contribution in [2.75, 3.05) is 0 Å². The summed E-state index contributed by atoms with van der Waals surface area (Å²) in [5.74, 6) is 1.72. The number of para-hydroxylation sites is 2. The van der Waals surface area contributed by atoms with Crippen LogP contribution in [0.15, 0.2) is 134 Å². The third-order valence-corrected chi connectivity index (χ3v) is 9.69. The fourth-order valence-electron chi connectivity index (χ4n) is 7.22. The second-order valence-corrected chi connectivity index (χ2v) is 12.5. The first-order chi connectivity index (χ1) is 24.1. The first kappa shape index (κ1) is 30.2. The Kier molecular flexibility index (Phi) is 7.04. The minimum absolute atomic E-state index is 0. The minimum Gasteiger partial charge on any atom is -0.367 e. The first-order valence-electron chi connectivity index (χ1n) is 16.3. The summed E-state index contributed by atoms with van der Waals surface area (Å²) in [6, 6.07) is 51.8. The van der Waals surface area contributed by atoms with Gasteiger partial charge in [0.15, 0.2) is 0 Å². The Hall–Kier alpha value is -5.84. The summed E-state index contributed by atoms with van der Waals surface area (Å²) in [5, 5.41) is 4.61. The van der Waals surface area contributed by atoms with Crippen molar-refractivity contribution in [2.45, 2.75) is 0 Å². The Bertz CT molecular complexity index is 2930. The van der Waals surface area contributed by atoms with Gasteiger partial charge in [0.2, 0.25) is 0 Å². The Morgan fingerprint density at radius 3 is 2.12 bits per heavy atom. The topological polar surface area (TPSA) is 53.5 Å². The van der Waals surface area contributed by atoms with Gasteiger partial charge in [0.25, 0.3) is 0 Å². The monoisotopic (exact) mass is 823 g/mol. The summed E-state index contributed by atoms with van der Waals surface area (Å²) in [4.78, 5) is 14.9. The van der Waals surface area contributed by atoms with E-state index in [0.29, 0.717) is 0 Å². The fraction of sp³-hybridized carbons (Fsp3) is 0.0465. The van der Waals surface area contributed by atoms with E-state index in [9.17, 15) is 0 Å². The van der Waals surface area contributed by atoms with E-state index < -0.39 is 0 Å². The van der Waals surface area contributed by atoms with E-state index in [0.717, 1.165) is 78.0 Å². The number of rotatable bonds is 4. The molecule has 0 saturated carbocycles. The van der Waals surface area contributed by atoms with E-state index in [1.165, 1.54) is 16.3 Å². The molecule has 7 heteroatoms. The van der Waals surface area contributed by atoms with Crippen LogP contribution < -0.4 is 0 Å². The number of hydrogen-bond acceptors (Lipinski definition) is 3. The molecule has 6 aromatic carbocycles. The van der Waals surface area contributed by atoms with Gasteiger partial charge in [-0.2, -0.15) is 0 Å². The number of fused-ring (bicyclic) bond motifs is 6. The summed E-state index contributed by atoms with van der Waals surface area (Å²) in [5.41, 5.74) is 10.9.